The van der Waals surface area contributed by atoms with Crippen molar-refractivity contribution in [2.75, 3.05) is 17.2 Å². The topological polar surface area (TPSA) is 67.4 Å². The molecule has 0 saturated carbocycles. The standard InChI is InChI=1S/C29H33BrN2O3/c1-28(2,3)20-9-7-19(8-10-20)27(34)32-23-14-12-22(13-15-23)31-26(33)18-35-25-16-11-21(30)17-24(25)29(4,5)6/h7-17H,18H2,1-6H3,(H,31,33)(H,32,34). The molecule has 0 aliphatic heterocycles. The highest BCUT2D eigenvalue weighted by atomic mass is 79.9. The second-order valence-electron chi connectivity index (χ2n) is 10.6. The molecule has 0 radical (unpaired) electrons. The van der Waals surface area contributed by atoms with E-state index in [4.69, 9.17) is 4.74 Å². The maximum absolute atomic E-state index is 12.6. The number of hydrogen-bond acceptors (Lipinski definition) is 3. The molecule has 0 unspecified atom stereocenters. The SMILES string of the molecule is CC(C)(C)c1ccc(C(=O)Nc2ccc(NC(=O)COc3ccc(Br)cc3C(C)(C)C)cc2)cc1. The van der Waals surface area contributed by atoms with E-state index in [1.807, 2.05) is 42.5 Å². The van der Waals surface area contributed by atoms with Crippen molar-refractivity contribution in [3.8, 4) is 5.75 Å². The molecule has 2 N–H and O–H groups in total. The van der Waals surface area contributed by atoms with Gasteiger partial charge in [0.25, 0.3) is 11.8 Å². The van der Waals surface area contributed by atoms with Gasteiger partial charge in [-0.05, 0) is 71.0 Å². The smallest absolute Gasteiger partial charge is 0.262 e. The van der Waals surface area contributed by atoms with Crippen LogP contribution in [0.1, 0.15) is 63.0 Å². The third-order valence-corrected chi connectivity index (χ3v) is 6.04. The summed E-state index contributed by atoms with van der Waals surface area (Å²) < 4.78 is 6.78. The van der Waals surface area contributed by atoms with Gasteiger partial charge in [0.1, 0.15) is 5.75 Å². The summed E-state index contributed by atoms with van der Waals surface area (Å²) in [6.07, 6.45) is 0. The summed E-state index contributed by atoms with van der Waals surface area (Å²) in [6, 6.07) is 20.4. The number of halogens is 1. The van der Waals surface area contributed by atoms with E-state index in [1.165, 1.54) is 5.56 Å². The number of rotatable bonds is 6. The lowest BCUT2D eigenvalue weighted by molar-refractivity contribution is -0.118. The quantitative estimate of drug-likeness (QED) is 0.346. The van der Waals surface area contributed by atoms with E-state index in [-0.39, 0.29) is 29.3 Å². The van der Waals surface area contributed by atoms with Crippen LogP contribution in [0.2, 0.25) is 0 Å². The van der Waals surface area contributed by atoms with Crippen molar-refractivity contribution in [3.05, 3.63) is 87.9 Å². The number of nitrogens with one attached hydrogen (secondary N) is 2. The number of hydrogen-bond donors (Lipinski definition) is 2. The lowest BCUT2D eigenvalue weighted by Gasteiger charge is -2.23. The molecule has 0 aliphatic rings. The first-order valence-electron chi connectivity index (χ1n) is 11.6. The third-order valence-electron chi connectivity index (χ3n) is 5.55. The minimum absolute atomic E-state index is 0.0352. The monoisotopic (exact) mass is 536 g/mol. The van der Waals surface area contributed by atoms with Crippen molar-refractivity contribution in [2.45, 2.75) is 52.4 Å². The molecule has 3 aromatic carbocycles. The largest absolute Gasteiger partial charge is 0.483 e. The highest BCUT2D eigenvalue weighted by Crippen LogP contribution is 2.33. The molecule has 0 bridgehead atoms. The van der Waals surface area contributed by atoms with Crippen LogP contribution < -0.4 is 15.4 Å². The van der Waals surface area contributed by atoms with E-state index < -0.39 is 0 Å². The Hall–Kier alpha value is -3.12. The average molecular weight is 537 g/mol. The van der Waals surface area contributed by atoms with Crippen molar-refractivity contribution in [1.29, 1.82) is 0 Å². The third kappa shape index (κ3) is 7.43. The molecule has 3 rings (SSSR count). The lowest BCUT2D eigenvalue weighted by Crippen LogP contribution is -2.22. The van der Waals surface area contributed by atoms with Crippen molar-refractivity contribution in [3.63, 3.8) is 0 Å². The summed E-state index contributed by atoms with van der Waals surface area (Å²) in [4.78, 5) is 25.0. The van der Waals surface area contributed by atoms with E-state index in [1.54, 1.807) is 24.3 Å². The van der Waals surface area contributed by atoms with Crippen LogP contribution in [0.4, 0.5) is 11.4 Å². The van der Waals surface area contributed by atoms with Crippen LogP contribution in [-0.2, 0) is 15.6 Å². The van der Waals surface area contributed by atoms with Crippen molar-refractivity contribution < 1.29 is 14.3 Å². The van der Waals surface area contributed by atoms with Crippen LogP contribution in [0.25, 0.3) is 0 Å². The van der Waals surface area contributed by atoms with Crippen LogP contribution in [0, 0.1) is 0 Å². The first-order valence-corrected chi connectivity index (χ1v) is 12.4. The summed E-state index contributed by atoms with van der Waals surface area (Å²) in [6.45, 7) is 12.6. The molecule has 0 aromatic heterocycles. The summed E-state index contributed by atoms with van der Waals surface area (Å²) in [5, 5.41) is 5.72. The Labute approximate surface area is 216 Å². The minimum atomic E-state index is -0.261. The molecule has 0 saturated heterocycles. The molecule has 0 fully saturated rings. The number of amides is 2. The number of ether oxygens (including phenoxy) is 1. The first kappa shape index (κ1) is 26.5. The second kappa shape index (κ2) is 10.6. The van der Waals surface area contributed by atoms with E-state index in [0.29, 0.717) is 22.7 Å². The first-order chi connectivity index (χ1) is 16.3. The van der Waals surface area contributed by atoms with Crippen molar-refractivity contribution in [2.24, 2.45) is 0 Å². The van der Waals surface area contributed by atoms with Gasteiger partial charge in [-0.2, -0.15) is 0 Å². The molecule has 35 heavy (non-hydrogen) atoms. The average Bonchev–Trinajstić information content (AvgIpc) is 2.78. The van der Waals surface area contributed by atoms with Gasteiger partial charge in [0, 0.05) is 27.0 Å². The Morgan fingerprint density at radius 1 is 0.771 bits per heavy atom. The Balaban J connectivity index is 1.56. The van der Waals surface area contributed by atoms with E-state index >= 15 is 0 Å². The lowest BCUT2D eigenvalue weighted by atomic mass is 9.86. The molecule has 5 nitrogen and oxygen atoms in total. The zero-order valence-electron chi connectivity index (χ0n) is 21.2. The summed E-state index contributed by atoms with van der Waals surface area (Å²) in [5.41, 5.74) is 3.97. The molecule has 3 aromatic rings. The normalized spacial score (nSPS) is 11.6. The van der Waals surface area contributed by atoms with Gasteiger partial charge >= 0.3 is 0 Å². The molecule has 2 amide bonds. The Morgan fingerprint density at radius 2 is 1.34 bits per heavy atom. The summed E-state index contributed by atoms with van der Waals surface area (Å²) in [7, 11) is 0. The van der Waals surface area contributed by atoms with E-state index in [0.717, 1.165) is 10.0 Å². The molecule has 0 aliphatic carbocycles. The zero-order chi connectivity index (χ0) is 25.8. The van der Waals surface area contributed by atoms with Crippen LogP contribution in [0.15, 0.2) is 71.2 Å². The van der Waals surface area contributed by atoms with E-state index in [2.05, 4.69) is 68.1 Å². The van der Waals surface area contributed by atoms with Gasteiger partial charge in [0.15, 0.2) is 6.61 Å². The van der Waals surface area contributed by atoms with Crippen molar-refractivity contribution in [1.82, 2.24) is 0 Å². The maximum atomic E-state index is 12.6. The van der Waals surface area contributed by atoms with Gasteiger partial charge in [0.05, 0.1) is 0 Å². The highest BCUT2D eigenvalue weighted by Gasteiger charge is 2.20. The van der Waals surface area contributed by atoms with Crippen LogP contribution in [-0.4, -0.2) is 18.4 Å². The predicted octanol–water partition coefficient (Wildman–Crippen LogP) is 7.31. The van der Waals surface area contributed by atoms with Crippen LogP contribution in [0.3, 0.4) is 0 Å². The van der Waals surface area contributed by atoms with Gasteiger partial charge < -0.3 is 15.4 Å². The summed E-state index contributed by atoms with van der Waals surface area (Å²) >= 11 is 3.50. The second-order valence-corrected chi connectivity index (χ2v) is 11.5. The molecular weight excluding hydrogens is 504 g/mol. The number of benzene rings is 3. The molecule has 6 heteroatoms. The minimum Gasteiger partial charge on any atom is -0.483 e. The predicted molar refractivity (Wildman–Crippen MR) is 147 cm³/mol. The number of carbonyl (C=O) groups is 2. The van der Waals surface area contributed by atoms with Gasteiger partial charge in [-0.3, -0.25) is 9.59 Å². The Morgan fingerprint density at radius 3 is 1.89 bits per heavy atom. The number of carbonyl (C=O) groups excluding carboxylic acids is 2. The fourth-order valence-electron chi connectivity index (χ4n) is 3.52. The molecule has 0 spiro atoms. The fraction of sp³-hybridized carbons (Fsp3) is 0.310. The Bertz CT molecular complexity index is 1190. The highest BCUT2D eigenvalue weighted by molar-refractivity contribution is 9.10. The fourth-order valence-corrected chi connectivity index (χ4v) is 3.88. The molecule has 0 atom stereocenters. The van der Waals surface area contributed by atoms with Gasteiger partial charge in [-0.15, -0.1) is 0 Å². The van der Waals surface area contributed by atoms with Gasteiger partial charge in [-0.1, -0.05) is 69.6 Å². The van der Waals surface area contributed by atoms with Gasteiger partial charge in [-0.25, -0.2) is 0 Å². The van der Waals surface area contributed by atoms with Gasteiger partial charge in [0.2, 0.25) is 0 Å². The molecule has 184 valence electrons. The van der Waals surface area contributed by atoms with Crippen LogP contribution >= 0.6 is 15.9 Å². The maximum Gasteiger partial charge on any atom is 0.262 e. The van der Waals surface area contributed by atoms with Crippen molar-refractivity contribution >= 4 is 39.1 Å². The number of anilines is 2. The van der Waals surface area contributed by atoms with E-state index in [9.17, 15) is 9.59 Å². The molecule has 0 heterocycles. The zero-order valence-corrected chi connectivity index (χ0v) is 22.7. The Kier molecular flexibility index (Phi) is 8.06. The summed E-state index contributed by atoms with van der Waals surface area (Å²) in [5.74, 6) is 0.243. The van der Waals surface area contributed by atoms with Crippen LogP contribution in [0.5, 0.6) is 5.75 Å². The molecular formula is C29H33BrN2O3.